The quantitative estimate of drug-likeness (QED) is 0.905. The number of carboxylic acids is 1. The van der Waals surface area contributed by atoms with Gasteiger partial charge in [0.2, 0.25) is 0 Å². The van der Waals surface area contributed by atoms with Gasteiger partial charge in [0.05, 0.1) is 5.92 Å². The largest absolute Gasteiger partial charge is 0.481 e. The van der Waals surface area contributed by atoms with Gasteiger partial charge in [-0.25, -0.2) is 4.79 Å². The van der Waals surface area contributed by atoms with E-state index in [0.29, 0.717) is 5.02 Å². The fraction of sp³-hybridized carbons (Fsp3) is 0.500. The first-order valence-electron chi connectivity index (χ1n) is 7.14. The number of carbonyl (C=O) groups is 2. The molecule has 1 aliphatic heterocycles. The fourth-order valence-electron chi connectivity index (χ4n) is 2.62. The lowest BCUT2D eigenvalue weighted by Gasteiger charge is -2.24. The van der Waals surface area contributed by atoms with Gasteiger partial charge in [-0.2, -0.15) is 0 Å². The van der Waals surface area contributed by atoms with E-state index in [1.807, 2.05) is 12.1 Å². The van der Waals surface area contributed by atoms with E-state index < -0.39 is 23.6 Å². The van der Waals surface area contributed by atoms with Crippen molar-refractivity contribution in [2.75, 3.05) is 13.1 Å². The number of amides is 1. The molecule has 0 spiro atoms. The molecule has 1 aliphatic rings. The van der Waals surface area contributed by atoms with Crippen LogP contribution in [-0.4, -0.2) is 40.8 Å². The second-order valence-corrected chi connectivity index (χ2v) is 6.87. The van der Waals surface area contributed by atoms with Crippen LogP contribution in [0.5, 0.6) is 0 Å². The van der Waals surface area contributed by atoms with Crippen molar-refractivity contribution in [3.8, 4) is 0 Å². The summed E-state index contributed by atoms with van der Waals surface area (Å²) >= 11 is 6.18. The predicted octanol–water partition coefficient (Wildman–Crippen LogP) is 3.38. The Hall–Kier alpha value is -1.75. The first-order chi connectivity index (χ1) is 10.2. The van der Waals surface area contributed by atoms with Crippen LogP contribution in [0.1, 0.15) is 32.3 Å². The van der Waals surface area contributed by atoms with Crippen LogP contribution in [-0.2, 0) is 9.53 Å². The van der Waals surface area contributed by atoms with Crippen LogP contribution in [0.3, 0.4) is 0 Å². The van der Waals surface area contributed by atoms with E-state index >= 15 is 0 Å². The fourth-order valence-corrected chi connectivity index (χ4v) is 2.90. The summed E-state index contributed by atoms with van der Waals surface area (Å²) in [6.45, 7) is 5.75. The molecule has 0 unspecified atom stereocenters. The predicted molar refractivity (Wildman–Crippen MR) is 83.1 cm³/mol. The molecule has 22 heavy (non-hydrogen) atoms. The molecule has 6 heteroatoms. The molecule has 1 aromatic rings. The maximum absolute atomic E-state index is 12.2. The van der Waals surface area contributed by atoms with Crippen LogP contribution in [0.2, 0.25) is 5.02 Å². The van der Waals surface area contributed by atoms with E-state index in [0.717, 1.165) is 5.56 Å². The van der Waals surface area contributed by atoms with E-state index in [1.54, 1.807) is 32.9 Å². The van der Waals surface area contributed by atoms with Gasteiger partial charge in [0.25, 0.3) is 0 Å². The standard InChI is InChI=1S/C16H20ClNO4/c1-16(2,3)22-15(21)18-8-11(12(9-18)14(19)20)10-6-4-5-7-13(10)17/h4-7,11-12H,8-9H2,1-3H3,(H,19,20)/t11-,12-/m0/s1. The Morgan fingerprint density at radius 3 is 2.45 bits per heavy atom. The number of aliphatic carboxylic acids is 1. The summed E-state index contributed by atoms with van der Waals surface area (Å²) in [6, 6.07) is 7.14. The van der Waals surface area contributed by atoms with Crippen LogP contribution >= 0.6 is 11.6 Å². The molecule has 0 aliphatic carbocycles. The van der Waals surface area contributed by atoms with Crippen molar-refractivity contribution < 1.29 is 19.4 Å². The Bertz CT molecular complexity index is 582. The van der Waals surface area contributed by atoms with Crippen molar-refractivity contribution >= 4 is 23.7 Å². The number of hydrogen-bond acceptors (Lipinski definition) is 3. The molecule has 1 heterocycles. The number of halogens is 1. The van der Waals surface area contributed by atoms with Crippen molar-refractivity contribution in [1.29, 1.82) is 0 Å². The van der Waals surface area contributed by atoms with Crippen LogP contribution in [0.4, 0.5) is 4.79 Å². The Kier molecular flexibility index (Phi) is 4.66. The Labute approximate surface area is 134 Å². The molecule has 1 fully saturated rings. The van der Waals surface area contributed by atoms with E-state index in [-0.39, 0.29) is 19.0 Å². The number of carbonyl (C=O) groups excluding carboxylic acids is 1. The lowest BCUT2D eigenvalue weighted by atomic mass is 9.89. The second kappa shape index (κ2) is 6.16. The van der Waals surface area contributed by atoms with Gasteiger partial charge in [-0.05, 0) is 32.4 Å². The Morgan fingerprint density at radius 1 is 1.27 bits per heavy atom. The van der Waals surface area contributed by atoms with Gasteiger partial charge in [-0.3, -0.25) is 4.79 Å². The van der Waals surface area contributed by atoms with Gasteiger partial charge in [-0.15, -0.1) is 0 Å². The van der Waals surface area contributed by atoms with E-state index in [4.69, 9.17) is 16.3 Å². The third kappa shape index (κ3) is 3.71. The minimum atomic E-state index is -0.934. The molecule has 0 bridgehead atoms. The Morgan fingerprint density at radius 2 is 1.91 bits per heavy atom. The van der Waals surface area contributed by atoms with Crippen LogP contribution in [0.25, 0.3) is 0 Å². The van der Waals surface area contributed by atoms with Crippen molar-refractivity contribution in [1.82, 2.24) is 4.90 Å². The molecule has 5 nitrogen and oxygen atoms in total. The highest BCUT2D eigenvalue weighted by atomic mass is 35.5. The highest BCUT2D eigenvalue weighted by molar-refractivity contribution is 6.31. The zero-order chi connectivity index (χ0) is 16.5. The molecule has 0 aromatic heterocycles. The normalized spacial score (nSPS) is 21.7. The zero-order valence-electron chi connectivity index (χ0n) is 12.9. The third-order valence-corrected chi connectivity index (χ3v) is 3.94. The summed E-state index contributed by atoms with van der Waals surface area (Å²) in [4.78, 5) is 25.1. The molecular weight excluding hydrogens is 306 g/mol. The van der Waals surface area contributed by atoms with Gasteiger partial charge < -0.3 is 14.7 Å². The minimum absolute atomic E-state index is 0.125. The van der Waals surface area contributed by atoms with E-state index in [2.05, 4.69) is 0 Å². The average molecular weight is 326 g/mol. The van der Waals surface area contributed by atoms with Gasteiger partial charge in [0, 0.05) is 24.0 Å². The molecular formula is C16H20ClNO4. The molecule has 120 valence electrons. The lowest BCUT2D eigenvalue weighted by Crippen LogP contribution is -2.35. The molecule has 1 N–H and O–H groups in total. The molecule has 1 amide bonds. The van der Waals surface area contributed by atoms with E-state index in [9.17, 15) is 14.7 Å². The van der Waals surface area contributed by atoms with Gasteiger partial charge in [0.15, 0.2) is 0 Å². The zero-order valence-corrected chi connectivity index (χ0v) is 13.6. The second-order valence-electron chi connectivity index (χ2n) is 6.46. The number of carboxylic acid groups (broad SMARTS) is 1. The SMILES string of the molecule is CC(C)(C)OC(=O)N1C[C@H](C(=O)O)[C@H](c2ccccc2Cl)C1. The molecule has 1 aromatic carbocycles. The summed E-state index contributed by atoms with van der Waals surface area (Å²) in [6.07, 6.45) is -0.492. The molecule has 0 radical (unpaired) electrons. The summed E-state index contributed by atoms with van der Waals surface area (Å²) in [5, 5.41) is 9.96. The highest BCUT2D eigenvalue weighted by Gasteiger charge is 2.42. The first-order valence-corrected chi connectivity index (χ1v) is 7.52. The number of hydrogen-bond donors (Lipinski definition) is 1. The van der Waals surface area contributed by atoms with Crippen molar-refractivity contribution in [3.63, 3.8) is 0 Å². The molecule has 2 atom stereocenters. The van der Waals surface area contributed by atoms with Crippen LogP contribution in [0, 0.1) is 5.92 Å². The van der Waals surface area contributed by atoms with Gasteiger partial charge in [-0.1, -0.05) is 29.8 Å². The number of likely N-dealkylation sites (tertiary alicyclic amines) is 1. The monoisotopic (exact) mass is 325 g/mol. The minimum Gasteiger partial charge on any atom is -0.481 e. The molecule has 2 rings (SSSR count). The van der Waals surface area contributed by atoms with Gasteiger partial charge >= 0.3 is 12.1 Å². The topological polar surface area (TPSA) is 66.8 Å². The summed E-state index contributed by atoms with van der Waals surface area (Å²) < 4.78 is 5.33. The number of rotatable bonds is 2. The van der Waals surface area contributed by atoms with Crippen molar-refractivity contribution in [3.05, 3.63) is 34.9 Å². The average Bonchev–Trinajstić information content (AvgIpc) is 2.82. The third-order valence-electron chi connectivity index (χ3n) is 3.59. The lowest BCUT2D eigenvalue weighted by molar-refractivity contribution is -0.141. The van der Waals surface area contributed by atoms with Crippen molar-refractivity contribution in [2.45, 2.75) is 32.3 Å². The smallest absolute Gasteiger partial charge is 0.410 e. The summed E-state index contributed by atoms with van der Waals surface area (Å²) in [7, 11) is 0. The molecule has 0 saturated carbocycles. The number of ether oxygens (including phenoxy) is 1. The Balaban J connectivity index is 2.22. The summed E-state index contributed by atoms with van der Waals surface area (Å²) in [5.74, 6) is -1.96. The number of nitrogens with zero attached hydrogens (tertiary/aromatic N) is 1. The van der Waals surface area contributed by atoms with Crippen LogP contribution < -0.4 is 0 Å². The first kappa shape index (κ1) is 16.6. The molecule has 1 saturated heterocycles. The van der Waals surface area contributed by atoms with Crippen molar-refractivity contribution in [2.24, 2.45) is 5.92 Å². The highest BCUT2D eigenvalue weighted by Crippen LogP contribution is 2.36. The van der Waals surface area contributed by atoms with E-state index in [1.165, 1.54) is 4.90 Å². The summed E-state index contributed by atoms with van der Waals surface area (Å²) in [5.41, 5.74) is 0.140. The van der Waals surface area contributed by atoms with Crippen LogP contribution in [0.15, 0.2) is 24.3 Å². The maximum atomic E-state index is 12.2. The van der Waals surface area contributed by atoms with Gasteiger partial charge in [0.1, 0.15) is 5.60 Å². The number of benzene rings is 1. The maximum Gasteiger partial charge on any atom is 0.410 e.